The Morgan fingerprint density at radius 3 is 2.71 bits per heavy atom. The Bertz CT molecular complexity index is 1900. The average molecular weight is 563 g/mol. The number of nitrogens with one attached hydrogen (secondary N) is 1. The molecule has 2 aliphatic rings. The molecular weight excluding hydrogens is 535 g/mol. The number of hydrogen-bond acceptors (Lipinski definition) is 9. The van der Waals surface area contributed by atoms with E-state index >= 15 is 4.39 Å². The SMILES string of the molecule is CC#CC(=O)C1C2CCC1CN(c1ccc3ncnc(Nc4ccc(Oc5ccn6ncnc6c5)c(C)c4F)c3n1)C2. The van der Waals surface area contributed by atoms with Crippen LogP contribution in [0.3, 0.4) is 0 Å². The highest BCUT2D eigenvalue weighted by atomic mass is 19.1. The Balaban J connectivity index is 1.14. The summed E-state index contributed by atoms with van der Waals surface area (Å²) in [6.07, 6.45) is 6.65. The van der Waals surface area contributed by atoms with Crippen LogP contribution in [-0.4, -0.2) is 48.4 Å². The number of benzene rings is 1. The van der Waals surface area contributed by atoms with Crippen LogP contribution in [0.4, 0.5) is 21.7 Å². The van der Waals surface area contributed by atoms with Crippen molar-refractivity contribution in [3.8, 4) is 23.3 Å². The summed E-state index contributed by atoms with van der Waals surface area (Å²) in [5.41, 5.74) is 2.39. The van der Waals surface area contributed by atoms with Crippen molar-refractivity contribution < 1.29 is 13.9 Å². The number of pyridine rings is 2. The maximum atomic E-state index is 15.6. The summed E-state index contributed by atoms with van der Waals surface area (Å²) in [4.78, 5) is 32.7. The molecule has 1 saturated heterocycles. The predicted octanol–water partition coefficient (Wildman–Crippen LogP) is 5.11. The Morgan fingerprint density at radius 2 is 1.90 bits per heavy atom. The highest BCUT2D eigenvalue weighted by Crippen LogP contribution is 2.43. The summed E-state index contributed by atoms with van der Waals surface area (Å²) in [6.45, 7) is 4.85. The molecule has 1 N–H and O–H groups in total. The molecular formula is C31H27FN8O2. The van der Waals surface area contributed by atoms with Gasteiger partial charge in [-0.3, -0.25) is 4.79 Å². The minimum atomic E-state index is -0.461. The van der Waals surface area contributed by atoms with Gasteiger partial charge in [-0.2, -0.15) is 5.10 Å². The van der Waals surface area contributed by atoms with Gasteiger partial charge in [0.2, 0.25) is 5.78 Å². The molecule has 0 spiro atoms. The molecule has 1 saturated carbocycles. The number of fused-ring (bicyclic) bond motifs is 4. The van der Waals surface area contributed by atoms with Crippen molar-refractivity contribution in [2.24, 2.45) is 17.8 Å². The fraction of sp³-hybridized carbons (Fsp3) is 0.290. The first-order valence-corrected chi connectivity index (χ1v) is 13.8. The quantitative estimate of drug-likeness (QED) is 0.223. The molecule has 0 amide bonds. The van der Waals surface area contributed by atoms with Gasteiger partial charge in [-0.25, -0.2) is 28.8 Å². The van der Waals surface area contributed by atoms with Crippen molar-refractivity contribution in [3.63, 3.8) is 0 Å². The van der Waals surface area contributed by atoms with E-state index in [4.69, 9.17) is 9.72 Å². The molecule has 2 bridgehead atoms. The highest BCUT2D eigenvalue weighted by molar-refractivity contribution is 5.98. The lowest BCUT2D eigenvalue weighted by atomic mass is 9.82. The minimum absolute atomic E-state index is 0.00140. The molecule has 7 rings (SSSR count). The topological polar surface area (TPSA) is 110 Å². The zero-order valence-electron chi connectivity index (χ0n) is 23.1. The Morgan fingerprint density at radius 1 is 1.07 bits per heavy atom. The monoisotopic (exact) mass is 562 g/mol. The van der Waals surface area contributed by atoms with E-state index in [0.717, 1.165) is 31.7 Å². The molecule has 42 heavy (non-hydrogen) atoms. The van der Waals surface area contributed by atoms with E-state index in [9.17, 15) is 4.79 Å². The van der Waals surface area contributed by atoms with E-state index in [1.165, 1.54) is 12.7 Å². The Hall–Kier alpha value is -5.11. The molecule has 10 nitrogen and oxygen atoms in total. The van der Waals surface area contributed by atoms with Crippen LogP contribution in [0.1, 0.15) is 25.3 Å². The van der Waals surface area contributed by atoms with Crippen LogP contribution < -0.4 is 15.0 Å². The van der Waals surface area contributed by atoms with Crippen LogP contribution >= 0.6 is 0 Å². The molecule has 2 fully saturated rings. The Kier molecular flexibility index (Phi) is 6.38. The lowest BCUT2D eigenvalue weighted by molar-refractivity contribution is -0.119. The fourth-order valence-electron chi connectivity index (χ4n) is 6.23. The van der Waals surface area contributed by atoms with Crippen molar-refractivity contribution in [2.45, 2.75) is 26.7 Å². The van der Waals surface area contributed by atoms with Crippen LogP contribution in [0.25, 0.3) is 16.7 Å². The number of aromatic nitrogens is 6. The van der Waals surface area contributed by atoms with Gasteiger partial charge in [0.1, 0.15) is 35.5 Å². The normalized spacial score (nSPS) is 19.5. The minimum Gasteiger partial charge on any atom is -0.457 e. The molecule has 0 radical (unpaired) electrons. The van der Waals surface area contributed by atoms with Gasteiger partial charge < -0.3 is 15.0 Å². The van der Waals surface area contributed by atoms with Gasteiger partial charge in [-0.1, -0.05) is 5.92 Å². The number of anilines is 3. The van der Waals surface area contributed by atoms with Crippen molar-refractivity contribution in [3.05, 3.63) is 66.6 Å². The van der Waals surface area contributed by atoms with E-state index in [-0.39, 0.29) is 29.2 Å². The average Bonchev–Trinajstić information content (AvgIpc) is 3.57. The van der Waals surface area contributed by atoms with Gasteiger partial charge in [0, 0.05) is 36.8 Å². The molecule has 11 heteroatoms. The number of ether oxygens (including phenoxy) is 1. The highest BCUT2D eigenvalue weighted by Gasteiger charge is 2.45. The second kappa shape index (κ2) is 10.4. The number of hydrogen-bond donors (Lipinski definition) is 1. The largest absolute Gasteiger partial charge is 0.457 e. The van der Waals surface area contributed by atoms with E-state index in [0.29, 0.717) is 39.6 Å². The van der Waals surface area contributed by atoms with Crippen molar-refractivity contribution in [2.75, 3.05) is 23.3 Å². The van der Waals surface area contributed by atoms with Gasteiger partial charge in [-0.15, -0.1) is 0 Å². The van der Waals surface area contributed by atoms with Crippen molar-refractivity contribution in [1.29, 1.82) is 0 Å². The number of nitrogens with zero attached hydrogens (tertiary/aromatic N) is 7. The van der Waals surface area contributed by atoms with Crippen LogP contribution in [0.2, 0.25) is 0 Å². The number of carbonyl (C=O) groups is 1. The summed E-state index contributed by atoms with van der Waals surface area (Å²) < 4.78 is 23.2. The molecule has 1 aliphatic carbocycles. The van der Waals surface area contributed by atoms with Crippen molar-refractivity contribution >= 4 is 39.8 Å². The van der Waals surface area contributed by atoms with Gasteiger partial charge in [0.25, 0.3) is 0 Å². The summed E-state index contributed by atoms with van der Waals surface area (Å²) in [5.74, 6) is 7.74. The summed E-state index contributed by atoms with van der Waals surface area (Å²) in [7, 11) is 0. The second-order valence-electron chi connectivity index (χ2n) is 10.7. The zero-order valence-corrected chi connectivity index (χ0v) is 23.1. The van der Waals surface area contributed by atoms with E-state index in [1.807, 2.05) is 12.1 Å². The lowest BCUT2D eigenvalue weighted by Gasteiger charge is -2.37. The molecule has 1 aromatic carbocycles. The number of ketones is 1. The molecule has 2 atom stereocenters. The second-order valence-corrected chi connectivity index (χ2v) is 10.7. The molecule has 5 heterocycles. The number of Topliss-reactive ketones (excluding diaryl/α,β-unsaturated/α-hetero) is 1. The standard InChI is InChI=1S/C31H27FN8O2/c1-3-4-24(41)28-19-5-6-20(28)15-39(14-19)26-10-8-23-30(38-26)31(35-16-33-23)37-22-7-9-25(18(2)29(22)32)42-21-11-12-40-27(13-21)34-17-36-40/h7-13,16-17,19-20,28H,5-6,14-15H2,1-2H3,(H,33,35,37). The van der Waals surface area contributed by atoms with Crippen LogP contribution in [-0.2, 0) is 4.79 Å². The van der Waals surface area contributed by atoms with E-state index in [2.05, 4.69) is 42.1 Å². The third kappa shape index (κ3) is 4.55. The van der Waals surface area contributed by atoms with Gasteiger partial charge in [0.15, 0.2) is 17.3 Å². The summed E-state index contributed by atoms with van der Waals surface area (Å²) in [6, 6.07) is 10.6. The first-order valence-electron chi connectivity index (χ1n) is 13.8. The number of rotatable bonds is 6. The fourth-order valence-corrected chi connectivity index (χ4v) is 6.23. The maximum Gasteiger partial charge on any atom is 0.209 e. The molecule has 5 aromatic rings. The molecule has 2 unspecified atom stereocenters. The Labute approximate surface area is 241 Å². The van der Waals surface area contributed by atoms with E-state index < -0.39 is 5.82 Å². The first-order chi connectivity index (χ1) is 20.5. The number of piperidine rings is 1. The van der Waals surface area contributed by atoms with Gasteiger partial charge >= 0.3 is 0 Å². The van der Waals surface area contributed by atoms with Crippen LogP contribution in [0.5, 0.6) is 11.5 Å². The smallest absolute Gasteiger partial charge is 0.209 e. The lowest BCUT2D eigenvalue weighted by Crippen LogP contribution is -2.44. The molecule has 1 aliphatic heterocycles. The van der Waals surface area contributed by atoms with Crippen molar-refractivity contribution in [1.82, 2.24) is 29.5 Å². The third-order valence-electron chi connectivity index (χ3n) is 8.25. The summed E-state index contributed by atoms with van der Waals surface area (Å²) >= 11 is 0. The predicted molar refractivity (Wildman–Crippen MR) is 155 cm³/mol. The molecule has 4 aromatic heterocycles. The molecule has 210 valence electrons. The third-order valence-corrected chi connectivity index (χ3v) is 8.25. The van der Waals surface area contributed by atoms with E-state index in [1.54, 1.807) is 48.8 Å². The summed E-state index contributed by atoms with van der Waals surface area (Å²) in [5, 5.41) is 7.19. The van der Waals surface area contributed by atoms with Gasteiger partial charge in [0.05, 0.1) is 11.2 Å². The zero-order chi connectivity index (χ0) is 28.8. The number of halogens is 1. The number of carbonyl (C=O) groups excluding carboxylic acids is 1. The first kappa shape index (κ1) is 25.8. The van der Waals surface area contributed by atoms with Crippen LogP contribution in [0.15, 0.2) is 55.2 Å². The maximum absolute atomic E-state index is 15.6. The van der Waals surface area contributed by atoms with Crippen LogP contribution in [0, 0.1) is 42.3 Å². The van der Waals surface area contributed by atoms with Gasteiger partial charge in [-0.05, 0) is 74.8 Å².